The molecule has 3 aliphatic heterocycles. The van der Waals surface area contributed by atoms with E-state index in [0.717, 1.165) is 40.4 Å². The van der Waals surface area contributed by atoms with Crippen LogP contribution in [0.1, 0.15) is 34.3 Å². The van der Waals surface area contributed by atoms with Crippen molar-refractivity contribution in [2.75, 3.05) is 53.7 Å². The number of methoxy groups -OCH3 is 2. The summed E-state index contributed by atoms with van der Waals surface area (Å²) in [6, 6.07) is 15.7. The molecule has 0 saturated carbocycles. The summed E-state index contributed by atoms with van der Waals surface area (Å²) < 4.78 is 28.7. The quantitative estimate of drug-likeness (QED) is 0.496. The van der Waals surface area contributed by atoms with Crippen LogP contribution >= 0.6 is 0 Å². The van der Waals surface area contributed by atoms with E-state index in [1.54, 1.807) is 14.2 Å². The summed E-state index contributed by atoms with van der Waals surface area (Å²) in [5, 5.41) is 0. The molecule has 4 heterocycles. The van der Waals surface area contributed by atoms with Crippen LogP contribution in [0.4, 0.5) is 0 Å². The maximum Gasteiger partial charge on any atom is 0.237 e. The lowest BCUT2D eigenvalue weighted by Gasteiger charge is -2.39. The summed E-state index contributed by atoms with van der Waals surface area (Å²) in [7, 11) is 3.28. The van der Waals surface area contributed by atoms with E-state index in [4.69, 9.17) is 23.4 Å². The molecule has 1 amide bonds. The van der Waals surface area contributed by atoms with Crippen LogP contribution in [0.25, 0.3) is 0 Å². The first kappa shape index (κ1) is 25.2. The molecule has 0 radical (unpaired) electrons. The summed E-state index contributed by atoms with van der Waals surface area (Å²) in [6.45, 7) is 5.37. The molecule has 3 aromatic rings. The van der Waals surface area contributed by atoms with Gasteiger partial charge in [-0.1, -0.05) is 12.1 Å². The van der Waals surface area contributed by atoms with Crippen molar-refractivity contribution in [3.8, 4) is 17.2 Å². The highest BCUT2D eigenvalue weighted by atomic mass is 16.5. The molecule has 0 fully saturated rings. The molecule has 1 aromatic heterocycles. The van der Waals surface area contributed by atoms with Crippen molar-refractivity contribution in [1.82, 2.24) is 9.80 Å². The van der Waals surface area contributed by atoms with Gasteiger partial charge in [-0.3, -0.25) is 9.69 Å². The Kier molecular flexibility index (Phi) is 7.67. The molecule has 0 spiro atoms. The molecule has 2 bridgehead atoms. The molecule has 0 N–H and O–H groups in total. The number of ether oxygens (including phenoxy) is 4. The number of hydrogen-bond donors (Lipinski definition) is 0. The Morgan fingerprint density at radius 2 is 1.73 bits per heavy atom. The predicted octanol–water partition coefficient (Wildman–Crippen LogP) is 3.99. The zero-order valence-corrected chi connectivity index (χ0v) is 21.7. The number of aryl methyl sites for hydroxylation is 1. The first-order chi connectivity index (χ1) is 18.1. The highest BCUT2D eigenvalue weighted by Gasteiger charge is 2.34. The topological polar surface area (TPSA) is 73.6 Å². The van der Waals surface area contributed by atoms with E-state index in [9.17, 15) is 4.79 Å². The Labute approximate surface area is 217 Å². The lowest BCUT2D eigenvalue weighted by molar-refractivity contribution is -0.135. The number of furan rings is 1. The van der Waals surface area contributed by atoms with Crippen LogP contribution in [0.5, 0.6) is 17.2 Å². The largest absolute Gasteiger partial charge is 0.493 e. The van der Waals surface area contributed by atoms with Crippen LogP contribution < -0.4 is 14.2 Å². The number of fused-ring (bicyclic) bond motifs is 11. The summed E-state index contributed by atoms with van der Waals surface area (Å²) >= 11 is 0. The Morgan fingerprint density at radius 1 is 0.946 bits per heavy atom. The Morgan fingerprint density at radius 3 is 2.46 bits per heavy atom. The van der Waals surface area contributed by atoms with Crippen molar-refractivity contribution in [3.05, 3.63) is 76.7 Å². The van der Waals surface area contributed by atoms with Crippen LogP contribution in [0.2, 0.25) is 0 Å². The van der Waals surface area contributed by atoms with Crippen molar-refractivity contribution in [3.63, 3.8) is 0 Å². The minimum absolute atomic E-state index is 0.0592. The molecular formula is C29H34N2O6. The van der Waals surface area contributed by atoms with Crippen molar-refractivity contribution >= 4 is 5.91 Å². The van der Waals surface area contributed by atoms with E-state index in [1.807, 2.05) is 60.4 Å². The second kappa shape index (κ2) is 11.3. The monoisotopic (exact) mass is 506 g/mol. The van der Waals surface area contributed by atoms with Crippen LogP contribution in [0.3, 0.4) is 0 Å². The van der Waals surface area contributed by atoms with Crippen LogP contribution in [0, 0.1) is 6.92 Å². The van der Waals surface area contributed by atoms with Crippen LogP contribution in [-0.4, -0.2) is 69.4 Å². The number of benzene rings is 2. The lowest BCUT2D eigenvalue weighted by Crippen LogP contribution is -2.46. The van der Waals surface area contributed by atoms with Gasteiger partial charge in [0.15, 0.2) is 11.5 Å². The number of hydrogen-bond acceptors (Lipinski definition) is 7. The maximum absolute atomic E-state index is 13.9. The van der Waals surface area contributed by atoms with E-state index in [-0.39, 0.29) is 18.5 Å². The van der Waals surface area contributed by atoms with Crippen LogP contribution in [-0.2, 0) is 22.5 Å². The van der Waals surface area contributed by atoms with Crippen molar-refractivity contribution in [2.45, 2.75) is 25.9 Å². The van der Waals surface area contributed by atoms with Gasteiger partial charge in [-0.15, -0.1) is 0 Å². The fourth-order valence-electron chi connectivity index (χ4n) is 5.12. The average molecular weight is 507 g/mol. The summed E-state index contributed by atoms with van der Waals surface area (Å²) in [5.74, 6) is 3.87. The molecule has 3 aliphatic rings. The SMILES string of the molecule is COc1cc2c(cc1OC)C1c3ccc(cc3)OCCOCCN(Cc3ccc(C)o3)CC(=O)N1CC2. The molecule has 6 rings (SSSR count). The zero-order chi connectivity index (χ0) is 25.8. The van der Waals surface area contributed by atoms with E-state index in [0.29, 0.717) is 51.0 Å². The molecule has 2 aromatic carbocycles. The van der Waals surface area contributed by atoms with Crippen LogP contribution in [0.15, 0.2) is 52.9 Å². The minimum Gasteiger partial charge on any atom is -0.493 e. The number of carbonyl (C=O) groups is 1. The van der Waals surface area contributed by atoms with E-state index in [2.05, 4.69) is 4.90 Å². The van der Waals surface area contributed by atoms with Gasteiger partial charge in [0.25, 0.3) is 0 Å². The third kappa shape index (κ3) is 5.60. The van der Waals surface area contributed by atoms with Gasteiger partial charge in [0.1, 0.15) is 23.9 Å². The number of carbonyl (C=O) groups excluding carboxylic acids is 1. The molecule has 1 unspecified atom stereocenters. The number of rotatable bonds is 4. The van der Waals surface area contributed by atoms with Crippen molar-refractivity contribution < 1.29 is 28.2 Å². The Balaban J connectivity index is 1.51. The highest BCUT2D eigenvalue weighted by Crippen LogP contribution is 2.41. The smallest absolute Gasteiger partial charge is 0.237 e. The Hall–Kier alpha value is -3.49. The molecule has 37 heavy (non-hydrogen) atoms. The predicted molar refractivity (Wildman–Crippen MR) is 138 cm³/mol. The fraction of sp³-hybridized carbons (Fsp3) is 0.414. The van der Waals surface area contributed by atoms with Crippen molar-refractivity contribution in [2.24, 2.45) is 0 Å². The average Bonchev–Trinajstić information content (AvgIpc) is 3.32. The van der Waals surface area contributed by atoms with Gasteiger partial charge in [-0.2, -0.15) is 0 Å². The second-order valence-electron chi connectivity index (χ2n) is 9.40. The Bertz CT molecular complexity index is 1220. The van der Waals surface area contributed by atoms with Gasteiger partial charge in [-0.05, 0) is 66.4 Å². The molecule has 0 aliphatic carbocycles. The third-order valence-corrected chi connectivity index (χ3v) is 6.97. The standard InChI is InChI=1S/C29H34N2O6/c1-20-4-7-24(37-20)18-30-12-13-35-14-15-36-23-8-5-21(6-9-23)29-25-17-27(34-3)26(33-2)16-22(25)10-11-31(29)28(32)19-30/h4-9,16-17,29H,10-15,18-19H2,1-3H3. The third-order valence-electron chi connectivity index (χ3n) is 6.97. The van der Waals surface area contributed by atoms with Crippen molar-refractivity contribution in [1.29, 1.82) is 0 Å². The van der Waals surface area contributed by atoms with E-state index < -0.39 is 0 Å². The molecule has 1 atom stereocenters. The molecule has 196 valence electrons. The van der Waals surface area contributed by atoms with Gasteiger partial charge >= 0.3 is 0 Å². The van der Waals surface area contributed by atoms with Gasteiger partial charge in [0, 0.05) is 13.1 Å². The zero-order valence-electron chi connectivity index (χ0n) is 21.7. The molecule has 8 nitrogen and oxygen atoms in total. The second-order valence-corrected chi connectivity index (χ2v) is 9.40. The normalized spacial score (nSPS) is 18.8. The van der Waals surface area contributed by atoms with Gasteiger partial charge < -0.3 is 28.3 Å². The van der Waals surface area contributed by atoms with Gasteiger partial charge in [0.2, 0.25) is 5.91 Å². The van der Waals surface area contributed by atoms with E-state index in [1.165, 1.54) is 0 Å². The fourth-order valence-corrected chi connectivity index (χ4v) is 5.12. The molecule has 8 heteroatoms. The highest BCUT2D eigenvalue weighted by molar-refractivity contribution is 5.80. The van der Waals surface area contributed by atoms with E-state index >= 15 is 0 Å². The number of nitrogens with zero attached hydrogens (tertiary/aromatic N) is 2. The van der Waals surface area contributed by atoms with Gasteiger partial charge in [0.05, 0.1) is 46.6 Å². The first-order valence-corrected chi connectivity index (χ1v) is 12.7. The number of amides is 1. The summed E-state index contributed by atoms with van der Waals surface area (Å²) in [4.78, 5) is 18.0. The van der Waals surface area contributed by atoms with Gasteiger partial charge in [-0.25, -0.2) is 0 Å². The lowest BCUT2D eigenvalue weighted by atomic mass is 9.87. The molecule has 0 saturated heterocycles. The first-order valence-electron chi connectivity index (χ1n) is 12.7. The summed E-state index contributed by atoms with van der Waals surface area (Å²) in [6.07, 6.45) is 0.736. The maximum atomic E-state index is 13.9. The summed E-state index contributed by atoms with van der Waals surface area (Å²) in [5.41, 5.74) is 3.22. The minimum atomic E-state index is -0.251. The molecular weight excluding hydrogens is 472 g/mol.